The van der Waals surface area contributed by atoms with Crippen molar-refractivity contribution in [2.24, 2.45) is 11.5 Å². The Morgan fingerprint density at radius 1 is 1.41 bits per heavy atom. The zero-order valence-corrected chi connectivity index (χ0v) is 10.0. The number of aryl methyl sites for hydroxylation is 1. The number of nitrogen functional groups attached to an aromatic ring is 1. The van der Waals surface area contributed by atoms with Gasteiger partial charge in [0.25, 0.3) is 0 Å². The molecular formula is C12H20N4O. The second-order valence-corrected chi connectivity index (χ2v) is 4.68. The molecule has 2 rings (SSSR count). The zero-order valence-electron chi connectivity index (χ0n) is 10.0. The third-order valence-corrected chi connectivity index (χ3v) is 3.52. The fraction of sp³-hybridized carbons (Fsp3) is 0.500. The summed E-state index contributed by atoms with van der Waals surface area (Å²) in [5.74, 6) is 0. The zero-order chi connectivity index (χ0) is 12.6. The second kappa shape index (κ2) is 4.52. The molecule has 0 saturated carbocycles. The van der Waals surface area contributed by atoms with Crippen molar-refractivity contribution in [3.8, 4) is 0 Å². The van der Waals surface area contributed by atoms with Gasteiger partial charge in [0.1, 0.15) is 0 Å². The molecule has 0 bridgehead atoms. The molecule has 17 heavy (non-hydrogen) atoms. The first-order valence-corrected chi connectivity index (χ1v) is 5.79. The quantitative estimate of drug-likeness (QED) is 0.514. The Bertz CT molecular complexity index is 409. The van der Waals surface area contributed by atoms with Crippen LogP contribution >= 0.6 is 0 Å². The molecule has 5 heteroatoms. The minimum atomic E-state index is -0.196. The smallest absolute Gasteiger partial charge is 0.0688 e. The Morgan fingerprint density at radius 3 is 2.71 bits per heavy atom. The van der Waals surface area contributed by atoms with Crippen molar-refractivity contribution >= 4 is 11.4 Å². The van der Waals surface area contributed by atoms with E-state index in [4.69, 9.17) is 17.2 Å². The van der Waals surface area contributed by atoms with Gasteiger partial charge >= 0.3 is 0 Å². The van der Waals surface area contributed by atoms with Gasteiger partial charge in [-0.25, -0.2) is 0 Å². The van der Waals surface area contributed by atoms with E-state index in [1.54, 1.807) is 0 Å². The maximum Gasteiger partial charge on any atom is 0.0688 e. The predicted octanol–water partition coefficient (Wildman–Crippen LogP) is -0.587. The maximum absolute atomic E-state index is 9.41. The van der Waals surface area contributed by atoms with Crippen molar-refractivity contribution in [1.29, 1.82) is 0 Å². The molecule has 1 heterocycles. The lowest BCUT2D eigenvalue weighted by atomic mass is 10.1. The molecule has 1 aliphatic rings. The highest BCUT2D eigenvalue weighted by molar-refractivity contribution is 5.59. The van der Waals surface area contributed by atoms with Gasteiger partial charge in [-0.1, -0.05) is 0 Å². The van der Waals surface area contributed by atoms with E-state index in [1.807, 2.05) is 25.1 Å². The fourth-order valence-corrected chi connectivity index (χ4v) is 2.33. The van der Waals surface area contributed by atoms with Crippen LogP contribution in [0.4, 0.5) is 11.4 Å². The van der Waals surface area contributed by atoms with Crippen molar-refractivity contribution in [3.63, 3.8) is 0 Å². The molecule has 0 radical (unpaired) electrons. The summed E-state index contributed by atoms with van der Waals surface area (Å²) < 4.78 is 0. The van der Waals surface area contributed by atoms with Crippen LogP contribution < -0.4 is 22.1 Å². The van der Waals surface area contributed by atoms with Crippen LogP contribution in [0.1, 0.15) is 5.56 Å². The van der Waals surface area contributed by atoms with Gasteiger partial charge in [0.15, 0.2) is 0 Å². The summed E-state index contributed by atoms with van der Waals surface area (Å²) in [4.78, 5) is 2.06. The predicted molar refractivity (Wildman–Crippen MR) is 69.8 cm³/mol. The molecule has 7 N–H and O–H groups in total. The highest BCUT2D eigenvalue weighted by atomic mass is 16.3. The van der Waals surface area contributed by atoms with E-state index in [0.29, 0.717) is 6.54 Å². The van der Waals surface area contributed by atoms with E-state index in [-0.39, 0.29) is 24.7 Å². The highest BCUT2D eigenvalue weighted by Gasteiger charge is 2.37. The van der Waals surface area contributed by atoms with Crippen LogP contribution in [0.15, 0.2) is 18.2 Å². The number of anilines is 2. The van der Waals surface area contributed by atoms with Crippen molar-refractivity contribution in [2.45, 2.75) is 25.0 Å². The van der Waals surface area contributed by atoms with Crippen LogP contribution in [-0.2, 0) is 0 Å². The number of hydrogen-bond acceptors (Lipinski definition) is 5. The maximum atomic E-state index is 9.41. The Morgan fingerprint density at radius 2 is 2.12 bits per heavy atom. The number of benzene rings is 1. The molecule has 0 aliphatic carbocycles. The first-order valence-electron chi connectivity index (χ1n) is 5.79. The number of rotatable bonds is 2. The van der Waals surface area contributed by atoms with Crippen molar-refractivity contribution in [2.75, 3.05) is 23.8 Å². The molecule has 0 spiro atoms. The van der Waals surface area contributed by atoms with E-state index < -0.39 is 0 Å². The normalized spacial score (nSPS) is 28.7. The molecule has 1 aromatic rings. The Balaban J connectivity index is 2.30. The summed E-state index contributed by atoms with van der Waals surface area (Å²) in [6.45, 7) is 2.64. The van der Waals surface area contributed by atoms with E-state index >= 15 is 0 Å². The monoisotopic (exact) mass is 236 g/mol. The van der Waals surface area contributed by atoms with Crippen LogP contribution in [0.5, 0.6) is 0 Å². The third kappa shape index (κ3) is 2.09. The molecule has 1 aliphatic heterocycles. The lowest BCUT2D eigenvalue weighted by Gasteiger charge is -2.27. The molecule has 1 fully saturated rings. The first kappa shape index (κ1) is 12.2. The number of nitrogens with zero attached hydrogens (tertiary/aromatic N) is 1. The van der Waals surface area contributed by atoms with Gasteiger partial charge in [0.2, 0.25) is 0 Å². The number of aliphatic hydroxyl groups is 1. The van der Waals surface area contributed by atoms with Gasteiger partial charge in [-0.05, 0) is 30.7 Å². The van der Waals surface area contributed by atoms with Gasteiger partial charge in [-0.2, -0.15) is 0 Å². The van der Waals surface area contributed by atoms with E-state index in [0.717, 1.165) is 16.9 Å². The van der Waals surface area contributed by atoms with Crippen LogP contribution in [0.25, 0.3) is 0 Å². The summed E-state index contributed by atoms with van der Waals surface area (Å²) in [7, 11) is 0. The van der Waals surface area contributed by atoms with Gasteiger partial charge in [-0.15, -0.1) is 0 Å². The Kier molecular flexibility index (Phi) is 3.24. The standard InChI is InChI=1S/C12H20N4O/c1-7-4-8(2-3-9(7)13)16-5-10(14)12(15)11(16)6-17/h2-4,10-12,17H,5-6,13-15H2,1H3. The molecule has 0 amide bonds. The van der Waals surface area contributed by atoms with Crippen LogP contribution in [-0.4, -0.2) is 36.4 Å². The highest BCUT2D eigenvalue weighted by Crippen LogP contribution is 2.27. The minimum absolute atomic E-state index is 0.0122. The van der Waals surface area contributed by atoms with E-state index in [2.05, 4.69) is 4.90 Å². The largest absolute Gasteiger partial charge is 0.399 e. The minimum Gasteiger partial charge on any atom is -0.399 e. The molecule has 3 unspecified atom stereocenters. The van der Waals surface area contributed by atoms with Crippen molar-refractivity contribution in [3.05, 3.63) is 23.8 Å². The second-order valence-electron chi connectivity index (χ2n) is 4.68. The Labute approximate surface area is 101 Å². The van der Waals surface area contributed by atoms with Crippen LogP contribution in [0.3, 0.4) is 0 Å². The molecule has 1 aromatic carbocycles. The number of hydrogen-bond donors (Lipinski definition) is 4. The summed E-state index contributed by atoms with van der Waals surface area (Å²) >= 11 is 0. The van der Waals surface area contributed by atoms with Crippen molar-refractivity contribution in [1.82, 2.24) is 0 Å². The van der Waals surface area contributed by atoms with E-state index in [9.17, 15) is 5.11 Å². The fourth-order valence-electron chi connectivity index (χ4n) is 2.33. The summed E-state index contributed by atoms with van der Waals surface area (Å²) in [6, 6.07) is 5.39. The van der Waals surface area contributed by atoms with Crippen molar-refractivity contribution < 1.29 is 5.11 Å². The summed E-state index contributed by atoms with van der Waals surface area (Å²) in [5.41, 5.74) is 20.5. The Hall–Kier alpha value is -1.30. The van der Waals surface area contributed by atoms with Gasteiger partial charge in [-0.3, -0.25) is 0 Å². The lowest BCUT2D eigenvalue weighted by Crippen LogP contribution is -2.46. The molecule has 5 nitrogen and oxygen atoms in total. The summed E-state index contributed by atoms with van der Waals surface area (Å²) in [6.07, 6.45) is 0. The molecule has 3 atom stereocenters. The van der Waals surface area contributed by atoms with Crippen LogP contribution in [0, 0.1) is 6.92 Å². The molecule has 94 valence electrons. The lowest BCUT2D eigenvalue weighted by molar-refractivity contribution is 0.255. The average Bonchev–Trinajstić information content (AvgIpc) is 2.59. The van der Waals surface area contributed by atoms with Gasteiger partial charge in [0.05, 0.1) is 12.6 Å². The SMILES string of the molecule is Cc1cc(N2CC(N)C(N)C2CO)ccc1N. The van der Waals surface area contributed by atoms with E-state index in [1.165, 1.54) is 0 Å². The number of aliphatic hydroxyl groups excluding tert-OH is 1. The third-order valence-electron chi connectivity index (χ3n) is 3.52. The molecule has 0 aromatic heterocycles. The topological polar surface area (TPSA) is 102 Å². The van der Waals surface area contributed by atoms with Gasteiger partial charge < -0.3 is 27.2 Å². The summed E-state index contributed by atoms with van der Waals surface area (Å²) in [5, 5.41) is 9.41. The number of nitrogens with two attached hydrogens (primary N) is 3. The van der Waals surface area contributed by atoms with Gasteiger partial charge in [0, 0.05) is 30.0 Å². The van der Waals surface area contributed by atoms with Crippen LogP contribution in [0.2, 0.25) is 0 Å². The molecule has 1 saturated heterocycles. The first-order chi connectivity index (χ1) is 8.04. The molecular weight excluding hydrogens is 216 g/mol. The average molecular weight is 236 g/mol.